The maximum absolute atomic E-state index is 12.8. The van der Waals surface area contributed by atoms with E-state index >= 15 is 0 Å². The van der Waals surface area contributed by atoms with E-state index in [1.165, 1.54) is 68.1 Å². The van der Waals surface area contributed by atoms with Gasteiger partial charge in [-0.3, -0.25) is 14.4 Å². The molecule has 0 aliphatic heterocycles. The number of hydrogen-bond acceptors (Lipinski definition) is 7. The Morgan fingerprint density at radius 3 is 2.29 bits per heavy atom. The van der Waals surface area contributed by atoms with Crippen LogP contribution in [0, 0.1) is 0 Å². The number of benzene rings is 2. The summed E-state index contributed by atoms with van der Waals surface area (Å²) in [6, 6.07) is 13.5. The number of amides is 2. The molecular formula is C23H20Cl2N4O5S. The van der Waals surface area contributed by atoms with Gasteiger partial charge in [0.05, 0.1) is 33.1 Å². The molecule has 0 saturated heterocycles. The normalized spacial score (nSPS) is 12.2. The Balaban J connectivity index is 1.79. The first kappa shape index (κ1) is 26.1. The second kappa shape index (κ2) is 11.3. The summed E-state index contributed by atoms with van der Waals surface area (Å²) in [6.45, 7) is -0.346. The molecule has 3 aromatic rings. The maximum atomic E-state index is 12.8. The number of ether oxygens (including phenoxy) is 1. The van der Waals surface area contributed by atoms with Crippen molar-refractivity contribution in [2.45, 2.75) is 4.90 Å². The molecule has 2 N–H and O–H groups in total. The maximum Gasteiger partial charge on any atom is 0.328 e. The average Bonchev–Trinajstić information content (AvgIpc) is 2.85. The van der Waals surface area contributed by atoms with Crippen LogP contribution in [0.3, 0.4) is 0 Å². The number of nitrogens with one attached hydrogen (secondary N) is 2. The highest BCUT2D eigenvalue weighted by molar-refractivity contribution is 7.93. The van der Waals surface area contributed by atoms with Crippen LogP contribution in [0.4, 0.5) is 11.5 Å². The Bertz CT molecular complexity index is 1390. The molecule has 1 atom stereocenters. The zero-order valence-corrected chi connectivity index (χ0v) is 20.9. The predicted octanol–water partition coefficient (Wildman–Crippen LogP) is 4.52. The standard InChI is InChI=1S/C23H20Cl2N4O5S/c1-34-21(30)13-27-35(2,33)17-7-3-14(4-8-17)22(31)28-19-9-5-15(24)11-18(19)23(32)29-20-10-6-16(25)12-26-20/h3-12H,13H2,1-2H3,(H,28,31)(H,26,29,32). The minimum absolute atomic E-state index is 0.123. The molecule has 3 rings (SSSR count). The molecule has 9 nitrogen and oxygen atoms in total. The van der Waals surface area contributed by atoms with E-state index in [2.05, 4.69) is 24.7 Å². The fourth-order valence-corrected chi connectivity index (χ4v) is 4.24. The summed E-state index contributed by atoms with van der Waals surface area (Å²) in [4.78, 5) is 41.3. The van der Waals surface area contributed by atoms with E-state index in [1.807, 2.05) is 0 Å². The van der Waals surface area contributed by atoms with Gasteiger partial charge < -0.3 is 15.4 Å². The third kappa shape index (κ3) is 7.01. The van der Waals surface area contributed by atoms with Crippen molar-refractivity contribution in [2.75, 3.05) is 30.5 Å². The lowest BCUT2D eigenvalue weighted by atomic mass is 10.1. The molecule has 0 saturated carbocycles. The number of rotatable bonds is 7. The first-order chi connectivity index (χ1) is 16.6. The van der Waals surface area contributed by atoms with Crippen molar-refractivity contribution in [1.82, 2.24) is 4.98 Å². The molecule has 2 amide bonds. The van der Waals surface area contributed by atoms with Crippen LogP contribution >= 0.6 is 23.2 Å². The Hall–Kier alpha value is -3.47. The van der Waals surface area contributed by atoms with Gasteiger partial charge in [-0.1, -0.05) is 23.2 Å². The van der Waals surface area contributed by atoms with Crippen LogP contribution in [0.15, 0.2) is 70.1 Å². The van der Waals surface area contributed by atoms with Crippen LogP contribution in [-0.2, 0) is 19.3 Å². The van der Waals surface area contributed by atoms with Crippen molar-refractivity contribution < 1.29 is 23.3 Å². The van der Waals surface area contributed by atoms with Gasteiger partial charge in [0.25, 0.3) is 11.8 Å². The van der Waals surface area contributed by atoms with Gasteiger partial charge in [-0.25, -0.2) is 13.6 Å². The monoisotopic (exact) mass is 534 g/mol. The highest BCUT2D eigenvalue weighted by atomic mass is 35.5. The molecule has 0 bridgehead atoms. The first-order valence-corrected chi connectivity index (χ1v) is 12.7. The largest absolute Gasteiger partial charge is 0.468 e. The second-order valence-electron chi connectivity index (χ2n) is 7.15. The summed E-state index contributed by atoms with van der Waals surface area (Å²) in [7, 11) is -1.65. The van der Waals surface area contributed by atoms with Crippen molar-refractivity contribution in [3.8, 4) is 0 Å². The van der Waals surface area contributed by atoms with Gasteiger partial charge in [0.15, 0.2) is 0 Å². The topological polar surface area (TPSA) is 127 Å². The minimum Gasteiger partial charge on any atom is -0.468 e. The summed E-state index contributed by atoms with van der Waals surface area (Å²) < 4.78 is 21.2. The van der Waals surface area contributed by atoms with E-state index in [0.29, 0.717) is 14.9 Å². The third-order valence-corrected chi connectivity index (χ3v) is 6.89. The lowest BCUT2D eigenvalue weighted by molar-refractivity contribution is -0.138. The fraction of sp³-hybridized carbons (Fsp3) is 0.130. The van der Waals surface area contributed by atoms with Gasteiger partial charge in [0.1, 0.15) is 12.4 Å². The molecule has 1 unspecified atom stereocenters. The van der Waals surface area contributed by atoms with Gasteiger partial charge in [0.2, 0.25) is 0 Å². The van der Waals surface area contributed by atoms with E-state index in [4.69, 9.17) is 23.2 Å². The van der Waals surface area contributed by atoms with Gasteiger partial charge in [-0.15, -0.1) is 0 Å². The number of aromatic nitrogens is 1. The van der Waals surface area contributed by atoms with E-state index in [-0.39, 0.29) is 29.2 Å². The molecule has 0 aliphatic rings. The van der Waals surface area contributed by atoms with Crippen molar-refractivity contribution in [2.24, 2.45) is 4.36 Å². The van der Waals surface area contributed by atoms with Crippen LogP contribution in [0.5, 0.6) is 0 Å². The van der Waals surface area contributed by atoms with Crippen LogP contribution in [0.1, 0.15) is 20.7 Å². The van der Waals surface area contributed by atoms with Crippen molar-refractivity contribution in [3.63, 3.8) is 0 Å². The molecule has 182 valence electrons. The van der Waals surface area contributed by atoms with E-state index in [9.17, 15) is 18.6 Å². The van der Waals surface area contributed by atoms with Gasteiger partial charge in [-0.2, -0.15) is 0 Å². The van der Waals surface area contributed by atoms with Gasteiger partial charge in [-0.05, 0) is 54.6 Å². The zero-order chi connectivity index (χ0) is 25.6. The molecule has 0 aliphatic carbocycles. The van der Waals surface area contributed by atoms with Gasteiger partial charge in [0, 0.05) is 27.9 Å². The number of carbonyl (C=O) groups excluding carboxylic acids is 3. The third-order valence-electron chi connectivity index (χ3n) is 4.66. The lowest BCUT2D eigenvalue weighted by Crippen LogP contribution is -2.18. The summed E-state index contributed by atoms with van der Waals surface area (Å²) in [5.74, 6) is -1.38. The number of anilines is 2. The quantitative estimate of drug-likeness (QED) is 0.429. The van der Waals surface area contributed by atoms with Crippen LogP contribution in [0.25, 0.3) is 0 Å². The zero-order valence-electron chi connectivity index (χ0n) is 18.6. The number of hydrogen-bond donors (Lipinski definition) is 2. The highest BCUT2D eigenvalue weighted by Gasteiger charge is 2.17. The summed E-state index contributed by atoms with van der Waals surface area (Å²) >= 11 is 11.9. The molecule has 0 spiro atoms. The first-order valence-electron chi connectivity index (χ1n) is 9.97. The Morgan fingerprint density at radius 2 is 1.66 bits per heavy atom. The van der Waals surface area contributed by atoms with Crippen molar-refractivity contribution >= 4 is 62.2 Å². The summed E-state index contributed by atoms with van der Waals surface area (Å²) in [6.07, 6.45) is 2.78. The van der Waals surface area contributed by atoms with Crippen LogP contribution in [0.2, 0.25) is 10.0 Å². The number of halogens is 2. The molecule has 0 fully saturated rings. The average molecular weight is 535 g/mol. The molecule has 0 radical (unpaired) electrons. The summed E-state index contributed by atoms with van der Waals surface area (Å²) in [5.41, 5.74) is 0.595. The van der Waals surface area contributed by atoms with Crippen LogP contribution < -0.4 is 10.6 Å². The number of carbonyl (C=O) groups is 3. The molecule has 1 heterocycles. The second-order valence-corrected chi connectivity index (χ2v) is 10.4. The molecular weight excluding hydrogens is 515 g/mol. The van der Waals surface area contributed by atoms with E-state index in [1.54, 1.807) is 6.07 Å². The highest BCUT2D eigenvalue weighted by Crippen LogP contribution is 2.23. The number of pyridine rings is 1. The smallest absolute Gasteiger partial charge is 0.328 e. The number of methoxy groups -OCH3 is 1. The lowest BCUT2D eigenvalue weighted by Gasteiger charge is -2.12. The number of nitrogens with zero attached hydrogens (tertiary/aromatic N) is 2. The summed E-state index contributed by atoms with van der Waals surface area (Å²) in [5, 5.41) is 6.02. The Morgan fingerprint density at radius 1 is 0.971 bits per heavy atom. The predicted molar refractivity (Wildman–Crippen MR) is 135 cm³/mol. The van der Waals surface area contributed by atoms with E-state index in [0.717, 1.165) is 0 Å². The molecule has 2 aromatic carbocycles. The van der Waals surface area contributed by atoms with Crippen molar-refractivity contribution in [1.29, 1.82) is 0 Å². The fourth-order valence-electron chi connectivity index (χ4n) is 2.82. The molecule has 1 aromatic heterocycles. The molecule has 35 heavy (non-hydrogen) atoms. The Kier molecular flexibility index (Phi) is 8.44. The van der Waals surface area contributed by atoms with Gasteiger partial charge >= 0.3 is 5.97 Å². The van der Waals surface area contributed by atoms with E-state index < -0.39 is 27.5 Å². The number of esters is 1. The SMILES string of the molecule is COC(=O)CN=S(C)(=O)c1ccc(C(=O)Nc2ccc(Cl)cc2C(=O)Nc2ccc(Cl)cn2)cc1. The Labute approximate surface area is 212 Å². The van der Waals surface area contributed by atoms with Crippen LogP contribution in [-0.4, -0.2) is 46.9 Å². The minimum atomic E-state index is -2.86. The van der Waals surface area contributed by atoms with Crippen molar-refractivity contribution in [3.05, 3.63) is 82.0 Å². The molecule has 12 heteroatoms.